The molecule has 2 heterocycles. The minimum absolute atomic E-state index is 0.0160. The predicted octanol–water partition coefficient (Wildman–Crippen LogP) is 0.00402. The lowest BCUT2D eigenvalue weighted by Gasteiger charge is -2.24. The highest BCUT2D eigenvalue weighted by Crippen LogP contribution is 2.39. The molecule has 2 aliphatic rings. The summed E-state index contributed by atoms with van der Waals surface area (Å²) in [6.07, 6.45) is 2.60. The molecule has 1 aliphatic carbocycles. The second kappa shape index (κ2) is 7.75. The first kappa shape index (κ1) is 20.4. The van der Waals surface area contributed by atoms with Gasteiger partial charge in [-0.3, -0.25) is 18.9 Å². The number of aromatic nitrogens is 2. The fourth-order valence-corrected chi connectivity index (χ4v) is 4.45. The molecule has 1 saturated heterocycles. The molecule has 0 radical (unpaired) electrons. The first-order valence-corrected chi connectivity index (χ1v) is 10.3. The second-order valence-corrected chi connectivity index (χ2v) is 8.21. The summed E-state index contributed by atoms with van der Waals surface area (Å²) in [7, 11) is 0. The van der Waals surface area contributed by atoms with Crippen LogP contribution >= 0.6 is 0 Å². The van der Waals surface area contributed by atoms with Gasteiger partial charge in [0.15, 0.2) is 5.96 Å². The van der Waals surface area contributed by atoms with Crippen LogP contribution in [0.4, 0.5) is 10.1 Å². The average molecular weight is 417 g/mol. The van der Waals surface area contributed by atoms with Gasteiger partial charge >= 0.3 is 5.69 Å². The molecular formula is C20H28FN7O2. The maximum atomic E-state index is 15.2. The zero-order chi connectivity index (χ0) is 21.6. The second-order valence-electron chi connectivity index (χ2n) is 8.21. The summed E-state index contributed by atoms with van der Waals surface area (Å²) in [6, 6.07) is 1.29. The number of nitrogens with two attached hydrogens (primary N) is 3. The highest BCUT2D eigenvalue weighted by molar-refractivity contribution is 5.87. The number of aryl methyl sites for hydroxylation is 1. The Hall–Kier alpha value is -2.88. The number of rotatable bonds is 6. The van der Waals surface area contributed by atoms with E-state index in [4.69, 9.17) is 17.2 Å². The Morgan fingerprint density at radius 3 is 2.60 bits per heavy atom. The minimum Gasteiger partial charge on any atom is -0.370 e. The Balaban J connectivity index is 1.91. The summed E-state index contributed by atoms with van der Waals surface area (Å²) in [5.41, 5.74) is 17.2. The van der Waals surface area contributed by atoms with E-state index in [9.17, 15) is 9.59 Å². The number of halogens is 1. The van der Waals surface area contributed by atoms with Crippen LogP contribution in [0, 0.1) is 18.7 Å². The fourth-order valence-electron chi connectivity index (χ4n) is 4.45. The number of hydrogen-bond acceptors (Lipinski definition) is 5. The van der Waals surface area contributed by atoms with Gasteiger partial charge in [-0.05, 0) is 44.7 Å². The van der Waals surface area contributed by atoms with Gasteiger partial charge in [0.2, 0.25) is 0 Å². The van der Waals surface area contributed by atoms with E-state index in [2.05, 4.69) is 4.99 Å². The summed E-state index contributed by atoms with van der Waals surface area (Å²) >= 11 is 0. The zero-order valence-corrected chi connectivity index (χ0v) is 17.1. The van der Waals surface area contributed by atoms with Crippen LogP contribution in [-0.2, 0) is 6.54 Å². The lowest BCUT2D eigenvalue weighted by atomic mass is 10.1. The minimum atomic E-state index is -0.521. The maximum absolute atomic E-state index is 15.2. The van der Waals surface area contributed by atoms with E-state index >= 15 is 4.39 Å². The van der Waals surface area contributed by atoms with E-state index in [0.29, 0.717) is 42.3 Å². The van der Waals surface area contributed by atoms with Crippen molar-refractivity contribution in [3.63, 3.8) is 0 Å². The van der Waals surface area contributed by atoms with Crippen LogP contribution in [0.15, 0.2) is 20.6 Å². The monoisotopic (exact) mass is 417 g/mol. The highest BCUT2D eigenvalue weighted by atomic mass is 19.1. The van der Waals surface area contributed by atoms with Crippen LogP contribution in [0.1, 0.15) is 30.9 Å². The zero-order valence-electron chi connectivity index (χ0n) is 17.1. The molecule has 0 unspecified atom stereocenters. The van der Waals surface area contributed by atoms with Gasteiger partial charge in [-0.2, -0.15) is 0 Å². The third-order valence-corrected chi connectivity index (χ3v) is 6.08. The Bertz CT molecular complexity index is 1130. The summed E-state index contributed by atoms with van der Waals surface area (Å²) in [5.74, 6) is -0.250. The van der Waals surface area contributed by atoms with Crippen LogP contribution in [0.3, 0.4) is 0 Å². The van der Waals surface area contributed by atoms with Crippen molar-refractivity contribution >= 4 is 22.5 Å². The largest absolute Gasteiger partial charge is 0.370 e. The predicted molar refractivity (Wildman–Crippen MR) is 115 cm³/mol. The number of guanidine groups is 1. The lowest BCUT2D eigenvalue weighted by molar-refractivity contribution is 0.579. The van der Waals surface area contributed by atoms with Crippen LogP contribution in [-0.4, -0.2) is 41.3 Å². The highest BCUT2D eigenvalue weighted by Gasteiger charge is 2.32. The summed E-state index contributed by atoms with van der Waals surface area (Å²) in [5, 5.41) is 0.208. The van der Waals surface area contributed by atoms with E-state index in [1.54, 1.807) is 11.5 Å². The van der Waals surface area contributed by atoms with Crippen molar-refractivity contribution in [1.82, 2.24) is 9.13 Å². The van der Waals surface area contributed by atoms with Crippen molar-refractivity contribution < 1.29 is 4.39 Å². The van der Waals surface area contributed by atoms with Crippen LogP contribution in [0.2, 0.25) is 0 Å². The topological polar surface area (TPSA) is 138 Å². The van der Waals surface area contributed by atoms with E-state index in [0.717, 1.165) is 23.8 Å². The van der Waals surface area contributed by atoms with E-state index < -0.39 is 17.1 Å². The number of fused-ring (bicyclic) bond motifs is 1. The van der Waals surface area contributed by atoms with Gasteiger partial charge in [0.05, 0.1) is 29.7 Å². The van der Waals surface area contributed by atoms with E-state index in [1.807, 2.05) is 4.90 Å². The van der Waals surface area contributed by atoms with E-state index in [1.165, 1.54) is 6.07 Å². The third-order valence-electron chi connectivity index (χ3n) is 6.08. The first-order valence-electron chi connectivity index (χ1n) is 10.3. The molecule has 10 heteroatoms. The molecule has 9 nitrogen and oxygen atoms in total. The third kappa shape index (κ3) is 3.45. The Kier molecular flexibility index (Phi) is 5.27. The molecule has 0 bridgehead atoms. The molecule has 4 rings (SSSR count). The molecule has 2 aromatic rings. The molecule has 1 aromatic carbocycles. The molecule has 0 amide bonds. The first-order chi connectivity index (χ1) is 14.3. The molecule has 1 aliphatic heterocycles. The maximum Gasteiger partial charge on any atom is 0.331 e. The van der Waals surface area contributed by atoms with Gasteiger partial charge < -0.3 is 22.1 Å². The van der Waals surface area contributed by atoms with Crippen LogP contribution in [0.25, 0.3) is 10.9 Å². The fraction of sp³-hybridized carbons (Fsp3) is 0.550. The van der Waals surface area contributed by atoms with Crippen molar-refractivity contribution in [3.05, 3.63) is 38.3 Å². The van der Waals surface area contributed by atoms with Gasteiger partial charge in [-0.1, -0.05) is 0 Å². The smallest absolute Gasteiger partial charge is 0.331 e. The summed E-state index contributed by atoms with van der Waals surface area (Å²) in [6.45, 7) is 3.85. The number of aliphatic imine (C=N–C) groups is 1. The molecule has 162 valence electrons. The molecule has 1 saturated carbocycles. The molecular weight excluding hydrogens is 389 g/mol. The van der Waals surface area contributed by atoms with Crippen molar-refractivity contribution in [2.45, 2.75) is 38.8 Å². The summed E-state index contributed by atoms with van der Waals surface area (Å²) in [4.78, 5) is 32.2. The SMILES string of the molecule is Cc1c(N2CC[C@@H](CN)C2)c(F)cc2c(=O)n(CCN=C(N)N)c(=O)n(C3CC3)c12. The Labute approximate surface area is 173 Å². The standard InChI is InChI=1S/C20H28FN7O2/c1-11-16-14(8-15(21)17(11)26-6-4-12(9-22)10-26)18(29)27(7-5-25-19(23)24)20(30)28(16)13-2-3-13/h8,12-13H,2-7,9-10,22H2,1H3,(H4,23,24,25)/t12-/m0/s1. The Morgan fingerprint density at radius 1 is 1.27 bits per heavy atom. The Morgan fingerprint density at radius 2 is 2.00 bits per heavy atom. The lowest BCUT2D eigenvalue weighted by Crippen LogP contribution is -2.41. The number of nitrogens with zero attached hydrogens (tertiary/aromatic N) is 4. The van der Waals surface area contributed by atoms with Gasteiger partial charge in [-0.15, -0.1) is 0 Å². The normalized spacial score (nSPS) is 18.9. The van der Waals surface area contributed by atoms with Gasteiger partial charge in [0, 0.05) is 24.7 Å². The average Bonchev–Trinajstić information content (AvgIpc) is 3.42. The van der Waals surface area contributed by atoms with Crippen molar-refractivity contribution in [3.8, 4) is 0 Å². The number of benzene rings is 1. The molecule has 0 spiro atoms. The number of anilines is 1. The van der Waals surface area contributed by atoms with Gasteiger partial charge in [-0.25, -0.2) is 9.18 Å². The molecule has 6 N–H and O–H groups in total. The quantitative estimate of drug-likeness (QED) is 0.447. The summed E-state index contributed by atoms with van der Waals surface area (Å²) < 4.78 is 18.0. The molecule has 1 atom stereocenters. The van der Waals surface area contributed by atoms with Gasteiger partial charge in [0.25, 0.3) is 5.56 Å². The van der Waals surface area contributed by atoms with E-state index in [-0.39, 0.29) is 30.5 Å². The molecule has 30 heavy (non-hydrogen) atoms. The number of hydrogen-bond donors (Lipinski definition) is 3. The van der Waals surface area contributed by atoms with Crippen molar-refractivity contribution in [2.24, 2.45) is 28.1 Å². The van der Waals surface area contributed by atoms with Crippen molar-refractivity contribution in [1.29, 1.82) is 0 Å². The molecule has 1 aromatic heterocycles. The molecule has 2 fully saturated rings. The van der Waals surface area contributed by atoms with Crippen LogP contribution in [0.5, 0.6) is 0 Å². The van der Waals surface area contributed by atoms with Crippen molar-refractivity contribution in [2.75, 3.05) is 31.1 Å². The van der Waals surface area contributed by atoms with Crippen LogP contribution < -0.4 is 33.3 Å². The van der Waals surface area contributed by atoms with Gasteiger partial charge in [0.1, 0.15) is 5.82 Å².